The van der Waals surface area contributed by atoms with Crippen LogP contribution in [0.4, 0.5) is 5.82 Å². The van der Waals surface area contributed by atoms with Crippen LogP contribution in [0.2, 0.25) is 0 Å². The number of anilines is 1. The highest BCUT2D eigenvalue weighted by atomic mass is 127. The Balaban J connectivity index is 0.00000450. The number of nitrogens with zero attached hydrogens (tertiary/aromatic N) is 4. The maximum atomic E-state index is 5.11. The van der Waals surface area contributed by atoms with Gasteiger partial charge in [-0.2, -0.15) is 0 Å². The maximum absolute atomic E-state index is 5.11. The van der Waals surface area contributed by atoms with E-state index in [1.807, 2.05) is 6.20 Å². The smallest absolute Gasteiger partial charge is 0.191 e. The minimum atomic E-state index is 0. The highest BCUT2D eigenvalue weighted by Crippen LogP contribution is 2.17. The highest BCUT2D eigenvalue weighted by Gasteiger charge is 2.10. The quantitative estimate of drug-likeness (QED) is 0.198. The number of guanidine groups is 1. The molecule has 0 atom stereocenters. The van der Waals surface area contributed by atoms with Crippen molar-refractivity contribution in [1.82, 2.24) is 20.5 Å². The SMILES string of the molecule is CCNC(=NCc1ccc(N2CCCCCC2)nc1)NCCN(C)CCCOC.I. The van der Waals surface area contributed by atoms with Gasteiger partial charge in [-0.15, -0.1) is 24.0 Å². The number of nitrogens with one attached hydrogen (secondary N) is 2. The minimum absolute atomic E-state index is 0. The second kappa shape index (κ2) is 16.5. The van der Waals surface area contributed by atoms with Crippen LogP contribution in [0.25, 0.3) is 0 Å². The zero-order chi connectivity index (χ0) is 20.7. The predicted octanol–water partition coefficient (Wildman–Crippen LogP) is 3.10. The molecule has 1 aliphatic rings. The Morgan fingerprint density at radius 2 is 1.93 bits per heavy atom. The second-order valence-corrected chi connectivity index (χ2v) is 7.70. The molecule has 2 heterocycles. The van der Waals surface area contributed by atoms with Gasteiger partial charge in [0.2, 0.25) is 0 Å². The molecule has 0 spiro atoms. The molecule has 1 aliphatic heterocycles. The normalized spacial score (nSPS) is 14.9. The van der Waals surface area contributed by atoms with Crippen LogP contribution >= 0.6 is 24.0 Å². The van der Waals surface area contributed by atoms with Crippen LogP contribution in [0.3, 0.4) is 0 Å². The van der Waals surface area contributed by atoms with Gasteiger partial charge in [0, 0.05) is 59.2 Å². The Labute approximate surface area is 200 Å². The van der Waals surface area contributed by atoms with Crippen molar-refractivity contribution in [2.24, 2.45) is 4.99 Å². The summed E-state index contributed by atoms with van der Waals surface area (Å²) in [7, 11) is 3.89. The molecule has 0 saturated carbocycles. The Bertz CT molecular complexity index is 575. The molecule has 7 nitrogen and oxygen atoms in total. The van der Waals surface area contributed by atoms with Crippen LogP contribution in [0, 0.1) is 0 Å². The lowest BCUT2D eigenvalue weighted by Gasteiger charge is -2.21. The fraction of sp³-hybridized carbons (Fsp3) is 0.727. The number of aromatic nitrogens is 1. The van der Waals surface area contributed by atoms with Crippen molar-refractivity contribution in [3.05, 3.63) is 23.9 Å². The van der Waals surface area contributed by atoms with Gasteiger partial charge in [-0.1, -0.05) is 18.9 Å². The molecule has 1 aromatic rings. The third-order valence-electron chi connectivity index (χ3n) is 5.18. The van der Waals surface area contributed by atoms with Gasteiger partial charge in [-0.05, 0) is 44.9 Å². The topological polar surface area (TPSA) is 65.0 Å². The van der Waals surface area contributed by atoms with Gasteiger partial charge in [0.25, 0.3) is 0 Å². The molecule has 1 aromatic heterocycles. The molecule has 2 rings (SSSR count). The van der Waals surface area contributed by atoms with E-state index in [1.54, 1.807) is 7.11 Å². The number of likely N-dealkylation sites (N-methyl/N-ethyl adjacent to an activating group) is 1. The summed E-state index contributed by atoms with van der Waals surface area (Å²) in [6, 6.07) is 4.30. The van der Waals surface area contributed by atoms with Gasteiger partial charge in [-0.3, -0.25) is 0 Å². The van der Waals surface area contributed by atoms with Crippen molar-refractivity contribution in [2.75, 3.05) is 64.9 Å². The van der Waals surface area contributed by atoms with Crippen LogP contribution in [0.5, 0.6) is 0 Å². The molecule has 1 fully saturated rings. The zero-order valence-electron chi connectivity index (χ0n) is 19.0. The van der Waals surface area contributed by atoms with Crippen LogP contribution < -0.4 is 15.5 Å². The molecule has 0 radical (unpaired) electrons. The van der Waals surface area contributed by atoms with E-state index in [-0.39, 0.29) is 24.0 Å². The van der Waals surface area contributed by atoms with E-state index in [9.17, 15) is 0 Å². The average molecular weight is 533 g/mol. The van der Waals surface area contributed by atoms with Gasteiger partial charge < -0.3 is 25.2 Å². The molecule has 8 heteroatoms. The number of hydrogen-bond acceptors (Lipinski definition) is 5. The molecule has 0 unspecified atom stereocenters. The Morgan fingerprint density at radius 1 is 1.17 bits per heavy atom. The zero-order valence-corrected chi connectivity index (χ0v) is 21.4. The molecule has 0 aliphatic carbocycles. The third kappa shape index (κ3) is 10.8. The first-order valence-electron chi connectivity index (χ1n) is 11.1. The van der Waals surface area contributed by atoms with Crippen LogP contribution in [0.15, 0.2) is 23.3 Å². The lowest BCUT2D eigenvalue weighted by molar-refractivity contribution is 0.180. The van der Waals surface area contributed by atoms with Crippen molar-refractivity contribution in [2.45, 2.75) is 45.6 Å². The van der Waals surface area contributed by atoms with E-state index < -0.39 is 0 Å². The molecule has 0 bridgehead atoms. The fourth-order valence-corrected chi connectivity index (χ4v) is 3.46. The van der Waals surface area contributed by atoms with Crippen molar-refractivity contribution in [3.8, 4) is 0 Å². The van der Waals surface area contributed by atoms with Gasteiger partial charge in [0.05, 0.1) is 6.54 Å². The first-order valence-corrected chi connectivity index (χ1v) is 11.1. The van der Waals surface area contributed by atoms with E-state index in [0.717, 1.165) is 69.6 Å². The van der Waals surface area contributed by atoms with E-state index in [0.29, 0.717) is 6.54 Å². The lowest BCUT2D eigenvalue weighted by atomic mass is 10.2. The molecule has 2 N–H and O–H groups in total. The molecule has 0 amide bonds. The van der Waals surface area contributed by atoms with Crippen molar-refractivity contribution < 1.29 is 4.74 Å². The Morgan fingerprint density at radius 3 is 2.57 bits per heavy atom. The van der Waals surface area contributed by atoms with Crippen molar-refractivity contribution in [3.63, 3.8) is 0 Å². The lowest BCUT2D eigenvalue weighted by Crippen LogP contribution is -2.41. The van der Waals surface area contributed by atoms with Crippen LogP contribution in [-0.4, -0.2) is 75.9 Å². The largest absolute Gasteiger partial charge is 0.385 e. The standard InChI is InChI=1S/C22H40N6O.HI/c1-4-23-22(24-12-16-27(2)13-9-17-29-3)26-19-20-10-11-21(25-18-20)28-14-7-5-6-8-15-28;/h10-11,18H,4-9,12-17,19H2,1-3H3,(H2,23,24,26);1H. The van der Waals surface area contributed by atoms with Gasteiger partial charge in [0.15, 0.2) is 5.96 Å². The van der Waals surface area contributed by atoms with E-state index in [4.69, 9.17) is 9.73 Å². The number of pyridine rings is 1. The summed E-state index contributed by atoms with van der Waals surface area (Å²) in [6.07, 6.45) is 8.25. The van der Waals surface area contributed by atoms with Gasteiger partial charge in [-0.25, -0.2) is 9.98 Å². The molecular weight excluding hydrogens is 491 g/mol. The van der Waals surface area contributed by atoms with Crippen LogP contribution in [0.1, 0.15) is 44.6 Å². The first-order chi connectivity index (χ1) is 14.2. The van der Waals surface area contributed by atoms with E-state index in [2.05, 4.69) is 51.5 Å². The molecule has 0 aromatic carbocycles. The highest BCUT2D eigenvalue weighted by molar-refractivity contribution is 14.0. The van der Waals surface area contributed by atoms with E-state index in [1.165, 1.54) is 25.7 Å². The van der Waals surface area contributed by atoms with Crippen molar-refractivity contribution in [1.29, 1.82) is 0 Å². The number of aliphatic imine (C=N–C) groups is 1. The van der Waals surface area contributed by atoms with Crippen molar-refractivity contribution >= 4 is 35.8 Å². The molecule has 30 heavy (non-hydrogen) atoms. The minimum Gasteiger partial charge on any atom is -0.385 e. The summed E-state index contributed by atoms with van der Waals surface area (Å²) in [5.74, 6) is 1.95. The monoisotopic (exact) mass is 532 g/mol. The van der Waals surface area contributed by atoms with Gasteiger partial charge >= 0.3 is 0 Å². The average Bonchev–Trinajstić information content (AvgIpc) is 3.02. The Kier molecular flexibility index (Phi) is 14.8. The number of methoxy groups -OCH3 is 1. The number of hydrogen-bond donors (Lipinski definition) is 2. The first kappa shape index (κ1) is 26.9. The third-order valence-corrected chi connectivity index (χ3v) is 5.18. The summed E-state index contributed by atoms with van der Waals surface area (Å²) >= 11 is 0. The molecular formula is C22H41IN6O. The molecule has 1 saturated heterocycles. The second-order valence-electron chi connectivity index (χ2n) is 7.70. The summed E-state index contributed by atoms with van der Waals surface area (Å²) in [5, 5.41) is 6.74. The van der Waals surface area contributed by atoms with Crippen LogP contribution in [-0.2, 0) is 11.3 Å². The van der Waals surface area contributed by atoms with Gasteiger partial charge in [0.1, 0.15) is 5.82 Å². The summed E-state index contributed by atoms with van der Waals surface area (Å²) in [5.41, 5.74) is 1.14. The number of halogens is 1. The Hall–Kier alpha value is -1.13. The summed E-state index contributed by atoms with van der Waals surface area (Å²) in [6.45, 7) is 9.50. The summed E-state index contributed by atoms with van der Waals surface area (Å²) < 4.78 is 5.11. The maximum Gasteiger partial charge on any atom is 0.191 e. The van der Waals surface area contributed by atoms with E-state index >= 15 is 0 Å². The number of ether oxygens (including phenoxy) is 1. The predicted molar refractivity (Wildman–Crippen MR) is 137 cm³/mol. The number of rotatable bonds is 11. The summed E-state index contributed by atoms with van der Waals surface area (Å²) in [4.78, 5) is 14.1. The molecule has 172 valence electrons. The fourth-order valence-electron chi connectivity index (χ4n) is 3.46.